The number of rotatable bonds is 8. The number of aliphatic imine (C=N–C) groups is 1. The van der Waals surface area contributed by atoms with Crippen LogP contribution in [0, 0.1) is 0 Å². The van der Waals surface area contributed by atoms with Crippen LogP contribution < -0.4 is 4.90 Å². The molecule has 2 aromatic rings. The van der Waals surface area contributed by atoms with Crippen molar-refractivity contribution in [2.45, 2.75) is 19.9 Å². The molecule has 1 N–H and O–H groups in total. The van der Waals surface area contributed by atoms with Gasteiger partial charge in [-0.2, -0.15) is 0 Å². The normalized spacial score (nSPS) is 16.7. The summed E-state index contributed by atoms with van der Waals surface area (Å²) < 4.78 is 5.49. The SMILES string of the molecule is CCN(CC)c1ccc(C=NC[C@H](c2cccs2)N2CCOCC2)c(O)c1. The zero-order valence-electron chi connectivity index (χ0n) is 16.2. The van der Waals surface area contributed by atoms with Crippen molar-refractivity contribution in [3.63, 3.8) is 0 Å². The van der Waals surface area contributed by atoms with Crippen molar-refractivity contribution in [2.24, 2.45) is 4.99 Å². The summed E-state index contributed by atoms with van der Waals surface area (Å²) in [5.41, 5.74) is 1.80. The highest BCUT2D eigenvalue weighted by Gasteiger charge is 2.22. The molecule has 1 aliphatic heterocycles. The first-order chi connectivity index (χ1) is 13.2. The minimum atomic E-state index is 0.266. The Morgan fingerprint density at radius 2 is 2.04 bits per heavy atom. The van der Waals surface area contributed by atoms with E-state index in [1.165, 1.54) is 4.88 Å². The molecule has 0 unspecified atom stereocenters. The van der Waals surface area contributed by atoms with Crippen LogP contribution in [0.2, 0.25) is 0 Å². The molecular weight excluding hydrogens is 358 g/mol. The molecule has 0 radical (unpaired) electrons. The Balaban J connectivity index is 1.70. The number of hydrogen-bond donors (Lipinski definition) is 1. The fourth-order valence-corrected chi connectivity index (χ4v) is 4.29. The van der Waals surface area contributed by atoms with Gasteiger partial charge in [0.05, 0.1) is 25.8 Å². The molecule has 3 rings (SSSR count). The van der Waals surface area contributed by atoms with Gasteiger partial charge in [-0.15, -0.1) is 11.3 Å². The van der Waals surface area contributed by atoms with Crippen molar-refractivity contribution in [1.29, 1.82) is 0 Å². The number of phenolic OH excluding ortho intramolecular Hbond substituents is 1. The van der Waals surface area contributed by atoms with Crippen molar-refractivity contribution in [2.75, 3.05) is 50.8 Å². The predicted molar refractivity (Wildman–Crippen MR) is 114 cm³/mol. The maximum Gasteiger partial charge on any atom is 0.126 e. The number of phenols is 1. The molecule has 27 heavy (non-hydrogen) atoms. The van der Waals surface area contributed by atoms with E-state index < -0.39 is 0 Å². The van der Waals surface area contributed by atoms with E-state index in [9.17, 15) is 5.11 Å². The molecule has 1 saturated heterocycles. The van der Waals surface area contributed by atoms with Crippen molar-refractivity contribution < 1.29 is 9.84 Å². The first-order valence-electron chi connectivity index (χ1n) is 9.66. The Hall–Kier alpha value is -1.89. The summed E-state index contributed by atoms with van der Waals surface area (Å²) in [5, 5.41) is 12.5. The number of anilines is 1. The molecule has 0 spiro atoms. The number of aromatic hydroxyl groups is 1. The summed E-state index contributed by atoms with van der Waals surface area (Å²) in [4.78, 5) is 10.7. The van der Waals surface area contributed by atoms with Crippen LogP contribution in [0.1, 0.15) is 30.3 Å². The lowest BCUT2D eigenvalue weighted by Crippen LogP contribution is -2.39. The fourth-order valence-electron chi connectivity index (χ4n) is 3.43. The van der Waals surface area contributed by atoms with Crippen LogP contribution >= 0.6 is 11.3 Å². The molecule has 2 heterocycles. The van der Waals surface area contributed by atoms with E-state index in [4.69, 9.17) is 4.74 Å². The highest BCUT2D eigenvalue weighted by atomic mass is 32.1. The maximum absolute atomic E-state index is 10.4. The van der Waals surface area contributed by atoms with Crippen LogP contribution in [-0.4, -0.2) is 62.2 Å². The largest absolute Gasteiger partial charge is 0.507 e. The van der Waals surface area contributed by atoms with Gasteiger partial charge in [0.25, 0.3) is 0 Å². The lowest BCUT2D eigenvalue weighted by Gasteiger charge is -2.33. The summed E-state index contributed by atoms with van der Waals surface area (Å²) in [6.45, 7) is 10.2. The van der Waals surface area contributed by atoms with E-state index in [0.717, 1.165) is 50.6 Å². The van der Waals surface area contributed by atoms with Gasteiger partial charge in [0.15, 0.2) is 0 Å². The Labute approximate surface area is 165 Å². The van der Waals surface area contributed by atoms with Crippen molar-refractivity contribution in [1.82, 2.24) is 4.90 Å². The van der Waals surface area contributed by atoms with Gasteiger partial charge in [0.2, 0.25) is 0 Å². The number of thiophene rings is 1. The van der Waals surface area contributed by atoms with Crippen LogP contribution in [0.5, 0.6) is 5.75 Å². The topological polar surface area (TPSA) is 48.3 Å². The Morgan fingerprint density at radius 3 is 2.67 bits per heavy atom. The summed E-state index contributed by atoms with van der Waals surface area (Å²) in [5.74, 6) is 0.280. The van der Waals surface area contributed by atoms with Gasteiger partial charge in [-0.05, 0) is 37.4 Å². The van der Waals surface area contributed by atoms with Gasteiger partial charge in [-0.1, -0.05) is 6.07 Å². The third-order valence-electron chi connectivity index (χ3n) is 5.01. The third-order valence-corrected chi connectivity index (χ3v) is 5.98. The second-order valence-electron chi connectivity index (χ2n) is 6.59. The average Bonchev–Trinajstić information content (AvgIpc) is 3.23. The van der Waals surface area contributed by atoms with E-state index in [1.807, 2.05) is 18.2 Å². The number of ether oxygens (including phenoxy) is 1. The van der Waals surface area contributed by atoms with Crippen molar-refractivity contribution in [3.05, 3.63) is 46.2 Å². The summed E-state index contributed by atoms with van der Waals surface area (Å²) in [7, 11) is 0. The maximum atomic E-state index is 10.4. The molecule has 0 aliphatic carbocycles. The van der Waals surface area contributed by atoms with E-state index in [1.54, 1.807) is 17.6 Å². The van der Waals surface area contributed by atoms with Gasteiger partial charge in [0, 0.05) is 54.6 Å². The fraction of sp³-hybridized carbons (Fsp3) is 0.476. The van der Waals surface area contributed by atoms with Crippen LogP contribution in [0.15, 0.2) is 40.7 Å². The Morgan fingerprint density at radius 1 is 1.26 bits per heavy atom. The van der Waals surface area contributed by atoms with E-state index in [-0.39, 0.29) is 11.8 Å². The van der Waals surface area contributed by atoms with Gasteiger partial charge < -0.3 is 14.7 Å². The molecule has 1 fully saturated rings. The number of morpholine rings is 1. The Kier molecular flexibility index (Phi) is 7.26. The molecule has 1 aromatic heterocycles. The first-order valence-corrected chi connectivity index (χ1v) is 10.5. The number of benzene rings is 1. The molecule has 0 amide bonds. The smallest absolute Gasteiger partial charge is 0.126 e. The second-order valence-corrected chi connectivity index (χ2v) is 7.57. The minimum Gasteiger partial charge on any atom is -0.507 e. The van der Waals surface area contributed by atoms with Crippen LogP contribution in [0.3, 0.4) is 0 Å². The number of hydrogen-bond acceptors (Lipinski definition) is 6. The van der Waals surface area contributed by atoms with Gasteiger partial charge in [0.1, 0.15) is 5.75 Å². The molecule has 0 bridgehead atoms. The number of nitrogens with zero attached hydrogens (tertiary/aromatic N) is 3. The van der Waals surface area contributed by atoms with Gasteiger partial charge >= 0.3 is 0 Å². The van der Waals surface area contributed by atoms with E-state index in [0.29, 0.717) is 6.54 Å². The molecule has 1 aliphatic rings. The Bertz CT molecular complexity index is 723. The summed E-state index contributed by atoms with van der Waals surface area (Å²) in [6.07, 6.45) is 1.79. The van der Waals surface area contributed by atoms with Crippen LogP contribution in [0.25, 0.3) is 0 Å². The highest BCUT2D eigenvalue weighted by Crippen LogP contribution is 2.27. The first kappa shape index (κ1) is 19.9. The van der Waals surface area contributed by atoms with Crippen molar-refractivity contribution >= 4 is 23.2 Å². The van der Waals surface area contributed by atoms with E-state index in [2.05, 4.69) is 46.2 Å². The third kappa shape index (κ3) is 5.09. The molecule has 0 saturated carbocycles. The lowest BCUT2D eigenvalue weighted by molar-refractivity contribution is 0.0187. The monoisotopic (exact) mass is 387 g/mol. The minimum absolute atomic E-state index is 0.266. The predicted octanol–water partition coefficient (Wildman–Crippen LogP) is 3.79. The molecule has 6 heteroatoms. The standard InChI is InChI=1S/C21H29N3O2S/c1-3-23(4-2)18-8-7-17(20(25)14-18)15-22-16-19(21-6-5-13-27-21)24-9-11-26-12-10-24/h5-8,13-15,19,25H,3-4,9-12,16H2,1-2H3/t19-/m1/s1. The molecule has 1 atom stereocenters. The van der Waals surface area contributed by atoms with Gasteiger partial charge in [-0.3, -0.25) is 9.89 Å². The molecule has 5 nitrogen and oxygen atoms in total. The zero-order chi connectivity index (χ0) is 19.1. The lowest BCUT2D eigenvalue weighted by atomic mass is 10.1. The molecule has 1 aromatic carbocycles. The van der Waals surface area contributed by atoms with Crippen LogP contribution in [-0.2, 0) is 4.74 Å². The molecular formula is C21H29N3O2S. The quantitative estimate of drug-likeness (QED) is 0.700. The zero-order valence-corrected chi connectivity index (χ0v) is 17.0. The summed E-state index contributed by atoms with van der Waals surface area (Å²) in [6, 6.07) is 10.4. The highest BCUT2D eigenvalue weighted by molar-refractivity contribution is 7.10. The average molecular weight is 388 g/mol. The van der Waals surface area contributed by atoms with Gasteiger partial charge in [-0.25, -0.2) is 0 Å². The second kappa shape index (κ2) is 9.88. The van der Waals surface area contributed by atoms with Crippen LogP contribution in [0.4, 0.5) is 5.69 Å². The van der Waals surface area contributed by atoms with Crippen molar-refractivity contribution in [3.8, 4) is 5.75 Å². The van der Waals surface area contributed by atoms with E-state index >= 15 is 0 Å². The summed E-state index contributed by atoms with van der Waals surface area (Å²) >= 11 is 1.77. The molecule has 146 valence electrons.